The predicted molar refractivity (Wildman–Crippen MR) is 93.2 cm³/mol. The van der Waals surface area contributed by atoms with Crippen LogP contribution in [0, 0.1) is 0 Å². The van der Waals surface area contributed by atoms with Crippen LogP contribution in [0.15, 0.2) is 40.6 Å². The summed E-state index contributed by atoms with van der Waals surface area (Å²) < 4.78 is 5.85. The number of benzene rings is 1. The van der Waals surface area contributed by atoms with Crippen LogP contribution < -0.4 is 5.56 Å². The predicted octanol–water partition coefficient (Wildman–Crippen LogP) is 2.51. The summed E-state index contributed by atoms with van der Waals surface area (Å²) in [7, 11) is 0. The van der Waals surface area contributed by atoms with Gasteiger partial charge in [0, 0.05) is 24.7 Å². The Kier molecular flexibility index (Phi) is 4.13. The Morgan fingerprint density at radius 1 is 1.42 bits per heavy atom. The zero-order valence-electron chi connectivity index (χ0n) is 13.3. The lowest BCUT2D eigenvalue weighted by molar-refractivity contribution is -0.0442. The van der Waals surface area contributed by atoms with Crippen LogP contribution in [0.5, 0.6) is 0 Å². The van der Waals surface area contributed by atoms with Crippen molar-refractivity contribution >= 4 is 22.2 Å². The number of hydrogen-bond acceptors (Lipinski definition) is 6. The third-order valence-electron chi connectivity index (χ3n) is 4.40. The number of thiazole rings is 1. The Hall–Kier alpha value is -2.09. The van der Waals surface area contributed by atoms with Gasteiger partial charge in [0.25, 0.3) is 5.56 Å². The number of morpholine rings is 1. The number of ether oxygens (including phenoxy) is 1. The lowest BCUT2D eigenvalue weighted by Gasteiger charge is -2.35. The first-order valence-corrected chi connectivity index (χ1v) is 8.84. The third-order valence-corrected chi connectivity index (χ3v) is 5.27. The van der Waals surface area contributed by atoms with Crippen molar-refractivity contribution in [2.75, 3.05) is 19.7 Å². The molecule has 7 heteroatoms. The Balaban J connectivity index is 1.61. The molecule has 1 aliphatic heterocycles. The van der Waals surface area contributed by atoms with Crippen molar-refractivity contribution in [3.63, 3.8) is 0 Å². The van der Waals surface area contributed by atoms with E-state index < -0.39 is 0 Å². The van der Waals surface area contributed by atoms with Crippen LogP contribution >= 0.6 is 11.3 Å². The Bertz CT molecular complexity index is 893. The zero-order valence-corrected chi connectivity index (χ0v) is 14.1. The minimum atomic E-state index is -0.0906. The number of aromatic amines is 1. The lowest BCUT2D eigenvalue weighted by Crippen LogP contribution is -2.40. The van der Waals surface area contributed by atoms with E-state index in [1.807, 2.05) is 23.6 Å². The highest BCUT2D eigenvalue weighted by Gasteiger charge is 2.28. The highest BCUT2D eigenvalue weighted by molar-refractivity contribution is 7.09. The summed E-state index contributed by atoms with van der Waals surface area (Å²) in [6.45, 7) is 4.26. The number of fused-ring (bicyclic) bond motifs is 1. The van der Waals surface area contributed by atoms with Crippen molar-refractivity contribution in [3.8, 4) is 0 Å². The second-order valence-corrected chi connectivity index (χ2v) is 6.80. The molecule has 0 bridgehead atoms. The number of aromatic nitrogens is 3. The van der Waals surface area contributed by atoms with E-state index in [4.69, 9.17) is 4.74 Å². The summed E-state index contributed by atoms with van der Waals surface area (Å²) in [5, 5.41) is 3.58. The maximum atomic E-state index is 12.3. The molecule has 1 aliphatic rings. The smallest absolute Gasteiger partial charge is 0.258 e. The van der Waals surface area contributed by atoms with Gasteiger partial charge in [-0.15, -0.1) is 11.3 Å². The van der Waals surface area contributed by atoms with Gasteiger partial charge in [0.05, 0.1) is 23.6 Å². The van der Waals surface area contributed by atoms with Crippen LogP contribution in [0.4, 0.5) is 0 Å². The molecule has 4 rings (SSSR count). The molecule has 0 spiro atoms. The number of hydrogen-bond donors (Lipinski definition) is 1. The maximum absolute atomic E-state index is 12.3. The van der Waals surface area contributed by atoms with Crippen LogP contribution in [-0.4, -0.2) is 39.5 Å². The molecule has 2 atom stereocenters. The van der Waals surface area contributed by atoms with Crippen LogP contribution in [0.25, 0.3) is 10.9 Å². The summed E-state index contributed by atoms with van der Waals surface area (Å²) in [5.74, 6) is 0.693. The second-order valence-electron chi connectivity index (χ2n) is 5.87. The summed E-state index contributed by atoms with van der Waals surface area (Å²) in [5.41, 5.74) is 0.639. The van der Waals surface area contributed by atoms with Gasteiger partial charge in [-0.05, 0) is 19.1 Å². The van der Waals surface area contributed by atoms with E-state index in [-0.39, 0.29) is 17.7 Å². The minimum Gasteiger partial charge on any atom is -0.368 e. The van der Waals surface area contributed by atoms with Crippen LogP contribution in [0.2, 0.25) is 0 Å². The van der Waals surface area contributed by atoms with Crippen molar-refractivity contribution in [1.29, 1.82) is 0 Å². The van der Waals surface area contributed by atoms with Gasteiger partial charge < -0.3 is 9.72 Å². The standard InChI is InChI=1S/C17H18N4O2S/c1-11(15-19-13-5-3-2-4-12(13)16(22)20-15)21-7-8-23-14(10-21)17-18-6-9-24-17/h2-6,9,11,14H,7-8,10H2,1H3,(H,19,20,22)/t11-,14+/m0/s1. The largest absolute Gasteiger partial charge is 0.368 e. The highest BCUT2D eigenvalue weighted by Crippen LogP contribution is 2.28. The molecule has 24 heavy (non-hydrogen) atoms. The average molecular weight is 342 g/mol. The van der Waals surface area contributed by atoms with Crippen LogP contribution in [0.3, 0.4) is 0 Å². The van der Waals surface area contributed by atoms with Gasteiger partial charge in [0.15, 0.2) is 0 Å². The fourth-order valence-corrected chi connectivity index (χ4v) is 3.72. The van der Waals surface area contributed by atoms with Gasteiger partial charge in [-0.3, -0.25) is 9.69 Å². The van der Waals surface area contributed by atoms with Gasteiger partial charge >= 0.3 is 0 Å². The Labute approximate surface area is 143 Å². The van der Waals surface area contributed by atoms with E-state index in [0.717, 1.165) is 23.6 Å². The Morgan fingerprint density at radius 2 is 2.29 bits per heavy atom. The lowest BCUT2D eigenvalue weighted by atomic mass is 10.2. The van der Waals surface area contributed by atoms with E-state index in [1.54, 1.807) is 23.6 Å². The van der Waals surface area contributed by atoms with Crippen molar-refractivity contribution in [3.05, 3.63) is 57.0 Å². The van der Waals surface area contributed by atoms with Gasteiger partial charge in [-0.2, -0.15) is 0 Å². The molecular weight excluding hydrogens is 324 g/mol. The SMILES string of the molecule is C[C@@H](c1nc2ccccc2c(=O)[nH]1)N1CCO[C@@H](c2nccs2)C1. The molecular formula is C17H18N4O2S. The first-order chi connectivity index (χ1) is 11.7. The molecule has 124 valence electrons. The van der Waals surface area contributed by atoms with Crippen molar-refractivity contribution in [1.82, 2.24) is 19.9 Å². The van der Waals surface area contributed by atoms with E-state index >= 15 is 0 Å². The molecule has 1 fully saturated rings. The van der Waals surface area contributed by atoms with Gasteiger partial charge in [0.2, 0.25) is 0 Å². The van der Waals surface area contributed by atoms with Crippen molar-refractivity contribution in [2.24, 2.45) is 0 Å². The maximum Gasteiger partial charge on any atom is 0.258 e. The van der Waals surface area contributed by atoms with E-state index in [9.17, 15) is 4.79 Å². The summed E-state index contributed by atoms with van der Waals surface area (Å²) >= 11 is 1.61. The molecule has 0 radical (unpaired) electrons. The number of nitrogens with zero attached hydrogens (tertiary/aromatic N) is 3. The first-order valence-electron chi connectivity index (χ1n) is 7.96. The quantitative estimate of drug-likeness (QED) is 0.792. The third kappa shape index (κ3) is 2.86. The van der Waals surface area contributed by atoms with Crippen molar-refractivity contribution < 1.29 is 4.74 Å². The zero-order chi connectivity index (χ0) is 16.5. The van der Waals surface area contributed by atoms with Crippen LogP contribution in [0.1, 0.15) is 29.9 Å². The second kappa shape index (κ2) is 6.43. The van der Waals surface area contributed by atoms with Gasteiger partial charge in [-0.1, -0.05) is 12.1 Å². The minimum absolute atomic E-state index is 0.00803. The molecule has 3 heterocycles. The fraction of sp³-hybridized carbons (Fsp3) is 0.353. The molecule has 0 amide bonds. The van der Waals surface area contributed by atoms with Gasteiger partial charge in [-0.25, -0.2) is 9.97 Å². The molecule has 6 nitrogen and oxygen atoms in total. The van der Waals surface area contributed by atoms with E-state index in [1.165, 1.54) is 0 Å². The average Bonchev–Trinajstić information content (AvgIpc) is 3.16. The molecule has 3 aromatic rings. The molecule has 2 aromatic heterocycles. The first kappa shape index (κ1) is 15.4. The van der Waals surface area contributed by atoms with E-state index in [2.05, 4.69) is 26.8 Å². The Morgan fingerprint density at radius 3 is 3.12 bits per heavy atom. The topological polar surface area (TPSA) is 71.1 Å². The fourth-order valence-electron chi connectivity index (χ4n) is 3.04. The number of H-pyrrole nitrogens is 1. The highest BCUT2D eigenvalue weighted by atomic mass is 32.1. The van der Waals surface area contributed by atoms with E-state index in [0.29, 0.717) is 17.8 Å². The number of rotatable bonds is 3. The summed E-state index contributed by atoms with van der Waals surface area (Å²) in [6.07, 6.45) is 1.78. The molecule has 0 saturated carbocycles. The monoisotopic (exact) mass is 342 g/mol. The molecule has 1 N–H and O–H groups in total. The molecule has 1 aromatic carbocycles. The summed E-state index contributed by atoms with van der Waals surface area (Å²) in [6, 6.07) is 7.43. The molecule has 0 aliphatic carbocycles. The number of para-hydroxylation sites is 1. The van der Waals surface area contributed by atoms with Crippen LogP contribution in [-0.2, 0) is 4.74 Å². The normalized spacial score (nSPS) is 20.3. The van der Waals surface area contributed by atoms with Gasteiger partial charge in [0.1, 0.15) is 16.9 Å². The summed E-state index contributed by atoms with van der Waals surface area (Å²) in [4.78, 5) is 26.5. The molecule has 0 unspecified atom stereocenters. The number of nitrogens with one attached hydrogen (secondary N) is 1. The molecule has 1 saturated heterocycles. The van der Waals surface area contributed by atoms with Crippen molar-refractivity contribution in [2.45, 2.75) is 19.1 Å².